The maximum absolute atomic E-state index is 2.52. The lowest BCUT2D eigenvalue weighted by molar-refractivity contribution is 1.52. The number of rotatable bonds is 12. The van der Waals surface area contributed by atoms with Crippen molar-refractivity contribution in [3.8, 4) is 89.0 Å². The lowest BCUT2D eigenvalue weighted by Crippen LogP contribution is -2.09. The molecule has 0 heterocycles. The predicted octanol–water partition coefficient (Wildman–Crippen LogP) is 12.5. The summed E-state index contributed by atoms with van der Waals surface area (Å²) in [6, 6.07) is 77.9. The predicted molar refractivity (Wildman–Crippen MR) is 275 cm³/mol. The second kappa shape index (κ2) is 18.9. The smallest absolute Gasteiger partial charge is 0.0688 e. The Hall–Kier alpha value is -6.15. The van der Waals surface area contributed by atoms with Crippen LogP contribution >= 0.6 is 0 Å². The fourth-order valence-electron chi connectivity index (χ4n) is 8.64. The van der Waals surface area contributed by atoms with Crippen LogP contribution in [0.1, 0.15) is 0 Å². The zero-order valence-electron chi connectivity index (χ0n) is 35.6. The van der Waals surface area contributed by atoms with Crippen LogP contribution in [0.3, 0.4) is 0 Å². The van der Waals surface area contributed by atoms with Gasteiger partial charge in [0.2, 0.25) is 0 Å². The Bertz CT molecular complexity index is 2560. The van der Waals surface area contributed by atoms with Gasteiger partial charge in [-0.25, -0.2) is 0 Å². The van der Waals surface area contributed by atoms with Gasteiger partial charge in [-0.05, 0) is 101 Å². The van der Waals surface area contributed by atoms with E-state index in [9.17, 15) is 0 Å². The maximum atomic E-state index is 2.52. The third-order valence-electron chi connectivity index (χ3n) is 12.0. The molecule has 0 saturated carbocycles. The minimum atomic E-state index is 0.758. The van der Waals surface area contributed by atoms with Crippen LogP contribution in [0.5, 0.6) is 0 Å². The van der Waals surface area contributed by atoms with Crippen LogP contribution in [0.2, 0.25) is 26.2 Å². The Kier molecular flexibility index (Phi) is 12.5. The van der Waals surface area contributed by atoms with Crippen LogP contribution in [-0.2, 0) is 0 Å². The molecular formula is C58H46Si4. The van der Waals surface area contributed by atoms with Gasteiger partial charge in [0.15, 0.2) is 0 Å². The van der Waals surface area contributed by atoms with Gasteiger partial charge in [0.05, 0.1) is 38.1 Å². The summed E-state index contributed by atoms with van der Waals surface area (Å²) in [5.74, 6) is 0. The van der Waals surface area contributed by atoms with E-state index in [0.717, 1.165) is 38.1 Å². The first-order valence-electron chi connectivity index (χ1n) is 21.2. The lowest BCUT2D eigenvalue weighted by atomic mass is 9.80. The molecule has 9 aromatic rings. The van der Waals surface area contributed by atoms with Gasteiger partial charge in [-0.3, -0.25) is 0 Å². The van der Waals surface area contributed by atoms with Crippen molar-refractivity contribution in [2.75, 3.05) is 0 Å². The molecule has 4 heteroatoms. The highest BCUT2D eigenvalue weighted by molar-refractivity contribution is 6.53. The normalized spacial score (nSPS) is 11.2. The molecule has 0 bridgehead atoms. The SMILES string of the molecule is C[Si]c1ccc(-c2ccccc2-c2cc(-c3ccccc3-c3ccc([Si]C)cc3)c(-c3ccccc3-c3ccc([Si]C)cc3)cc2-c2ccccc2-c2ccc([Si]C)cc2)cc1. The van der Waals surface area contributed by atoms with E-state index in [0.29, 0.717) is 0 Å². The van der Waals surface area contributed by atoms with Crippen molar-refractivity contribution in [2.24, 2.45) is 0 Å². The highest BCUT2D eigenvalue weighted by Crippen LogP contribution is 2.49. The van der Waals surface area contributed by atoms with Crippen molar-refractivity contribution in [2.45, 2.75) is 26.2 Å². The van der Waals surface area contributed by atoms with Crippen LogP contribution in [0.15, 0.2) is 206 Å². The van der Waals surface area contributed by atoms with Crippen molar-refractivity contribution in [1.29, 1.82) is 0 Å². The van der Waals surface area contributed by atoms with E-state index >= 15 is 0 Å². The molecule has 9 aromatic carbocycles. The van der Waals surface area contributed by atoms with Crippen LogP contribution in [0.4, 0.5) is 0 Å². The Morgan fingerprint density at radius 2 is 0.371 bits per heavy atom. The molecule has 0 aliphatic heterocycles. The zero-order valence-corrected chi connectivity index (χ0v) is 39.6. The summed E-state index contributed by atoms with van der Waals surface area (Å²) in [5, 5.41) is 5.48. The summed E-state index contributed by atoms with van der Waals surface area (Å²) >= 11 is 0. The molecule has 0 aromatic heterocycles. The van der Waals surface area contributed by atoms with Crippen LogP contribution in [0.25, 0.3) is 89.0 Å². The highest BCUT2D eigenvalue weighted by Gasteiger charge is 2.23. The first-order chi connectivity index (χ1) is 30.6. The first kappa shape index (κ1) is 41.2. The molecule has 0 spiro atoms. The van der Waals surface area contributed by atoms with Gasteiger partial charge in [-0.1, -0.05) is 241 Å². The summed E-state index contributed by atoms with van der Waals surface area (Å²) in [5.41, 5.74) is 19.5. The first-order valence-corrected chi connectivity index (χ1v) is 27.2. The summed E-state index contributed by atoms with van der Waals surface area (Å²) in [4.78, 5) is 0. The Morgan fingerprint density at radius 3 is 0.548 bits per heavy atom. The largest absolute Gasteiger partial charge is 0.0773 e. The van der Waals surface area contributed by atoms with E-state index in [4.69, 9.17) is 0 Å². The Morgan fingerprint density at radius 1 is 0.194 bits per heavy atom. The summed E-state index contributed by atoms with van der Waals surface area (Å²) in [7, 11) is 3.03. The van der Waals surface area contributed by atoms with Gasteiger partial charge >= 0.3 is 0 Å². The van der Waals surface area contributed by atoms with Crippen molar-refractivity contribution >= 4 is 58.8 Å². The third kappa shape index (κ3) is 8.39. The molecule has 0 atom stereocenters. The van der Waals surface area contributed by atoms with Gasteiger partial charge in [0, 0.05) is 0 Å². The van der Waals surface area contributed by atoms with Crippen molar-refractivity contribution < 1.29 is 0 Å². The van der Waals surface area contributed by atoms with Crippen LogP contribution < -0.4 is 20.7 Å². The fraction of sp³-hybridized carbons (Fsp3) is 0.0690. The fourth-order valence-corrected chi connectivity index (χ4v) is 10.6. The average Bonchev–Trinajstić information content (AvgIpc) is 3.36. The average molecular weight is 855 g/mol. The monoisotopic (exact) mass is 854 g/mol. The Balaban J connectivity index is 1.40. The molecule has 0 amide bonds. The topological polar surface area (TPSA) is 0 Å². The van der Waals surface area contributed by atoms with Gasteiger partial charge in [-0.15, -0.1) is 0 Å². The third-order valence-corrected chi connectivity index (χ3v) is 15.6. The van der Waals surface area contributed by atoms with Gasteiger partial charge in [0.1, 0.15) is 0 Å². The zero-order chi connectivity index (χ0) is 42.4. The summed E-state index contributed by atoms with van der Waals surface area (Å²) in [6.07, 6.45) is 0. The second-order valence-corrected chi connectivity index (χ2v) is 19.7. The van der Waals surface area contributed by atoms with E-state index in [1.807, 2.05) is 0 Å². The second-order valence-electron chi connectivity index (χ2n) is 15.4. The van der Waals surface area contributed by atoms with Crippen LogP contribution in [0, 0.1) is 0 Å². The Labute approximate surface area is 378 Å². The quantitative estimate of drug-likeness (QED) is 0.107. The molecule has 0 saturated heterocycles. The minimum Gasteiger partial charge on any atom is -0.0688 e. The molecule has 0 fully saturated rings. The minimum absolute atomic E-state index is 0.758. The molecular weight excluding hydrogens is 809 g/mol. The van der Waals surface area contributed by atoms with E-state index < -0.39 is 0 Å². The van der Waals surface area contributed by atoms with E-state index in [-0.39, 0.29) is 0 Å². The van der Waals surface area contributed by atoms with Crippen molar-refractivity contribution in [3.63, 3.8) is 0 Å². The highest BCUT2D eigenvalue weighted by atomic mass is 28.2. The van der Waals surface area contributed by atoms with E-state index in [1.54, 1.807) is 0 Å². The molecule has 0 aliphatic rings. The van der Waals surface area contributed by atoms with Crippen molar-refractivity contribution in [3.05, 3.63) is 206 Å². The standard InChI is InChI=1S/C58H46Si4/c1-59-43-29-21-39(22-30-43)47-13-5-9-17-51(47)55-37-57(53-19-11-7-15-49(53)41-25-33-45(61-3)34-26-41)58(54-20-12-8-16-50(54)42-27-35-46(62-4)36-28-42)38-56(55)52-18-10-6-14-48(52)40-23-31-44(60-2)32-24-40/h5-38H,1-4H3. The van der Waals surface area contributed by atoms with E-state index in [1.165, 1.54) is 110 Å². The van der Waals surface area contributed by atoms with Crippen molar-refractivity contribution in [1.82, 2.24) is 0 Å². The molecule has 8 radical (unpaired) electrons. The van der Waals surface area contributed by atoms with Crippen LogP contribution in [-0.4, -0.2) is 38.1 Å². The van der Waals surface area contributed by atoms with Gasteiger partial charge < -0.3 is 0 Å². The van der Waals surface area contributed by atoms with Gasteiger partial charge in [0.25, 0.3) is 0 Å². The van der Waals surface area contributed by atoms with E-state index in [2.05, 4.69) is 232 Å². The number of hydrogen-bond donors (Lipinski definition) is 0. The number of hydrogen-bond acceptors (Lipinski definition) is 0. The molecule has 62 heavy (non-hydrogen) atoms. The summed E-state index contributed by atoms with van der Waals surface area (Å²) in [6.45, 7) is 9.00. The molecule has 9 rings (SSSR count). The molecule has 0 nitrogen and oxygen atoms in total. The molecule has 294 valence electrons. The van der Waals surface area contributed by atoms with Gasteiger partial charge in [-0.2, -0.15) is 0 Å². The number of benzene rings is 9. The molecule has 0 aliphatic carbocycles. The molecule has 0 unspecified atom stereocenters. The molecule has 0 N–H and O–H groups in total. The summed E-state index contributed by atoms with van der Waals surface area (Å²) < 4.78 is 0. The lowest BCUT2D eigenvalue weighted by Gasteiger charge is -2.24. The maximum Gasteiger partial charge on any atom is 0.0773 e.